The summed E-state index contributed by atoms with van der Waals surface area (Å²) in [6.45, 7) is 7.46. The number of hydrogen-bond acceptors (Lipinski definition) is 2. The van der Waals surface area contributed by atoms with E-state index >= 15 is 0 Å². The van der Waals surface area contributed by atoms with E-state index in [0.717, 1.165) is 13.0 Å². The van der Waals surface area contributed by atoms with Crippen LogP contribution in [-0.4, -0.2) is 36.0 Å². The molecule has 1 atom stereocenters. The molecule has 110 valence electrons. The Balaban J connectivity index is 2.15. The third-order valence-electron chi connectivity index (χ3n) is 3.87. The van der Waals surface area contributed by atoms with Gasteiger partial charge in [0.25, 0.3) is 5.91 Å². The van der Waals surface area contributed by atoms with Gasteiger partial charge in [0.05, 0.1) is 0 Å². The molecule has 1 aliphatic heterocycles. The quantitative estimate of drug-likeness (QED) is 0.918. The molecule has 1 heterocycles. The summed E-state index contributed by atoms with van der Waals surface area (Å²) in [5.74, 6) is -0.285. The van der Waals surface area contributed by atoms with Crippen molar-refractivity contribution in [2.24, 2.45) is 0 Å². The van der Waals surface area contributed by atoms with Gasteiger partial charge in [-0.1, -0.05) is 0 Å². The van der Waals surface area contributed by atoms with E-state index < -0.39 is 0 Å². The second kappa shape index (κ2) is 6.35. The summed E-state index contributed by atoms with van der Waals surface area (Å²) in [5, 5.41) is 3.41. The normalized spacial score (nSPS) is 18.6. The molecular weight excluding hydrogens is 255 g/mol. The van der Waals surface area contributed by atoms with Crippen molar-refractivity contribution in [1.29, 1.82) is 0 Å². The van der Waals surface area contributed by atoms with E-state index in [2.05, 4.69) is 5.32 Å². The van der Waals surface area contributed by atoms with Gasteiger partial charge in [0.1, 0.15) is 5.82 Å². The molecule has 1 amide bonds. The molecule has 2 rings (SSSR count). The average Bonchev–Trinajstić information content (AvgIpc) is 2.91. The molecule has 20 heavy (non-hydrogen) atoms. The van der Waals surface area contributed by atoms with Gasteiger partial charge in [-0.25, -0.2) is 4.39 Å². The number of rotatable bonds is 4. The highest BCUT2D eigenvalue weighted by Crippen LogP contribution is 2.15. The number of carbonyl (C=O) groups excluding carboxylic acids is 1. The maximum absolute atomic E-state index is 13.3. The fourth-order valence-electron chi connectivity index (χ4n) is 2.62. The lowest BCUT2D eigenvalue weighted by atomic mass is 10.1. The molecule has 3 nitrogen and oxygen atoms in total. The number of nitrogens with zero attached hydrogens (tertiary/aromatic N) is 1. The Morgan fingerprint density at radius 2 is 2.25 bits per heavy atom. The molecule has 0 radical (unpaired) electrons. The van der Waals surface area contributed by atoms with Crippen molar-refractivity contribution in [3.8, 4) is 0 Å². The van der Waals surface area contributed by atoms with Gasteiger partial charge in [0.15, 0.2) is 0 Å². The summed E-state index contributed by atoms with van der Waals surface area (Å²) in [7, 11) is 0. The van der Waals surface area contributed by atoms with E-state index in [4.69, 9.17) is 0 Å². The van der Waals surface area contributed by atoms with Gasteiger partial charge in [-0.3, -0.25) is 4.79 Å². The Labute approximate surface area is 120 Å². The van der Waals surface area contributed by atoms with E-state index in [0.29, 0.717) is 23.7 Å². The molecule has 1 fully saturated rings. The van der Waals surface area contributed by atoms with Crippen molar-refractivity contribution in [3.05, 3.63) is 35.1 Å². The van der Waals surface area contributed by atoms with Crippen LogP contribution < -0.4 is 5.32 Å². The molecule has 1 saturated heterocycles. The molecule has 0 aliphatic carbocycles. The minimum absolute atomic E-state index is 0.0169. The summed E-state index contributed by atoms with van der Waals surface area (Å²) in [4.78, 5) is 14.5. The monoisotopic (exact) mass is 278 g/mol. The van der Waals surface area contributed by atoms with E-state index in [1.54, 1.807) is 19.1 Å². The van der Waals surface area contributed by atoms with Gasteiger partial charge in [0, 0.05) is 24.2 Å². The van der Waals surface area contributed by atoms with Gasteiger partial charge in [-0.2, -0.15) is 0 Å². The highest BCUT2D eigenvalue weighted by molar-refractivity contribution is 5.94. The SMILES string of the molecule is Cc1cc(C(=O)N(CC2CCCN2)C(C)C)ccc1F. The predicted molar refractivity (Wildman–Crippen MR) is 78.3 cm³/mol. The van der Waals surface area contributed by atoms with Crippen LogP contribution in [0.5, 0.6) is 0 Å². The Morgan fingerprint density at radius 3 is 2.80 bits per heavy atom. The third-order valence-corrected chi connectivity index (χ3v) is 3.87. The largest absolute Gasteiger partial charge is 0.335 e. The van der Waals surface area contributed by atoms with Crippen molar-refractivity contribution in [3.63, 3.8) is 0 Å². The number of carbonyl (C=O) groups is 1. The van der Waals surface area contributed by atoms with Crippen molar-refractivity contribution in [1.82, 2.24) is 10.2 Å². The summed E-state index contributed by atoms with van der Waals surface area (Å²) in [6, 6.07) is 5.09. The first-order valence-corrected chi connectivity index (χ1v) is 7.29. The van der Waals surface area contributed by atoms with E-state index in [1.165, 1.54) is 12.5 Å². The van der Waals surface area contributed by atoms with Gasteiger partial charge >= 0.3 is 0 Å². The summed E-state index contributed by atoms with van der Waals surface area (Å²) < 4.78 is 13.3. The molecule has 0 bridgehead atoms. The van der Waals surface area contributed by atoms with Crippen molar-refractivity contribution in [2.75, 3.05) is 13.1 Å². The van der Waals surface area contributed by atoms with Crippen LogP contribution >= 0.6 is 0 Å². The highest BCUT2D eigenvalue weighted by atomic mass is 19.1. The van der Waals surface area contributed by atoms with Crippen LogP contribution in [0.1, 0.15) is 42.6 Å². The Morgan fingerprint density at radius 1 is 1.50 bits per heavy atom. The molecule has 1 aliphatic rings. The zero-order valence-electron chi connectivity index (χ0n) is 12.4. The standard InChI is InChI=1S/C16H23FN2O/c1-11(2)19(10-14-5-4-8-18-14)16(20)13-6-7-15(17)12(3)9-13/h6-7,9,11,14,18H,4-5,8,10H2,1-3H3. The van der Waals surface area contributed by atoms with Crippen LogP contribution in [0.3, 0.4) is 0 Å². The zero-order valence-corrected chi connectivity index (χ0v) is 12.4. The second-order valence-corrected chi connectivity index (χ2v) is 5.81. The Bertz CT molecular complexity index is 481. The van der Waals surface area contributed by atoms with Gasteiger partial charge in [-0.15, -0.1) is 0 Å². The van der Waals surface area contributed by atoms with Crippen molar-refractivity contribution >= 4 is 5.91 Å². The lowest BCUT2D eigenvalue weighted by Gasteiger charge is -2.29. The van der Waals surface area contributed by atoms with Gasteiger partial charge in [0.2, 0.25) is 0 Å². The lowest BCUT2D eigenvalue weighted by Crippen LogP contribution is -2.44. The van der Waals surface area contributed by atoms with Gasteiger partial charge in [-0.05, 0) is 63.9 Å². The average molecular weight is 278 g/mol. The van der Waals surface area contributed by atoms with E-state index in [9.17, 15) is 9.18 Å². The van der Waals surface area contributed by atoms with Crippen molar-refractivity contribution < 1.29 is 9.18 Å². The van der Waals surface area contributed by atoms with Crippen LogP contribution in [0.25, 0.3) is 0 Å². The molecule has 1 aromatic carbocycles. The van der Waals surface area contributed by atoms with Crippen LogP contribution in [0.15, 0.2) is 18.2 Å². The first-order chi connectivity index (χ1) is 9.49. The number of hydrogen-bond donors (Lipinski definition) is 1. The Kier molecular flexibility index (Phi) is 4.76. The molecule has 0 aromatic heterocycles. The molecule has 0 spiro atoms. The molecular formula is C16H23FN2O. The van der Waals surface area contributed by atoms with Crippen LogP contribution in [0, 0.1) is 12.7 Å². The molecule has 1 unspecified atom stereocenters. The van der Waals surface area contributed by atoms with Crippen LogP contribution in [0.4, 0.5) is 4.39 Å². The maximum atomic E-state index is 13.3. The fraction of sp³-hybridized carbons (Fsp3) is 0.562. The Hall–Kier alpha value is -1.42. The van der Waals surface area contributed by atoms with Gasteiger partial charge < -0.3 is 10.2 Å². The number of nitrogens with one attached hydrogen (secondary N) is 1. The minimum atomic E-state index is -0.268. The third kappa shape index (κ3) is 3.37. The first kappa shape index (κ1) is 15.0. The topological polar surface area (TPSA) is 32.3 Å². The summed E-state index contributed by atoms with van der Waals surface area (Å²) in [6.07, 6.45) is 2.28. The number of benzene rings is 1. The minimum Gasteiger partial charge on any atom is -0.335 e. The predicted octanol–water partition coefficient (Wildman–Crippen LogP) is 2.74. The van der Waals surface area contributed by atoms with Crippen molar-refractivity contribution in [2.45, 2.75) is 45.7 Å². The first-order valence-electron chi connectivity index (χ1n) is 7.29. The highest BCUT2D eigenvalue weighted by Gasteiger charge is 2.24. The number of aryl methyl sites for hydroxylation is 1. The summed E-state index contributed by atoms with van der Waals surface area (Å²) >= 11 is 0. The zero-order chi connectivity index (χ0) is 14.7. The fourth-order valence-corrected chi connectivity index (χ4v) is 2.62. The molecule has 0 saturated carbocycles. The van der Waals surface area contributed by atoms with E-state index in [-0.39, 0.29) is 17.8 Å². The maximum Gasteiger partial charge on any atom is 0.254 e. The number of amides is 1. The lowest BCUT2D eigenvalue weighted by molar-refractivity contribution is 0.0689. The smallest absolute Gasteiger partial charge is 0.254 e. The van der Waals surface area contributed by atoms with E-state index in [1.807, 2.05) is 18.7 Å². The van der Waals surface area contributed by atoms with Crippen LogP contribution in [0.2, 0.25) is 0 Å². The number of halogens is 1. The second-order valence-electron chi connectivity index (χ2n) is 5.81. The molecule has 1 N–H and O–H groups in total. The molecule has 1 aromatic rings. The summed E-state index contributed by atoms with van der Waals surface area (Å²) in [5.41, 5.74) is 1.08. The van der Waals surface area contributed by atoms with Crippen LogP contribution in [-0.2, 0) is 0 Å². The molecule has 4 heteroatoms.